The monoisotopic (exact) mass is 246 g/mol. The first-order chi connectivity index (χ1) is 6.18. The molecule has 1 aliphatic rings. The van der Waals surface area contributed by atoms with E-state index in [9.17, 15) is 9.18 Å². The highest BCUT2D eigenvalue weighted by atomic mass is 79.9. The van der Waals surface area contributed by atoms with Gasteiger partial charge < -0.3 is 9.47 Å². The number of halogens is 2. The summed E-state index contributed by atoms with van der Waals surface area (Å²) in [4.78, 5) is 11.1. The van der Waals surface area contributed by atoms with E-state index in [-0.39, 0.29) is 18.1 Å². The summed E-state index contributed by atoms with van der Waals surface area (Å²) in [5, 5.41) is 0. The van der Waals surface area contributed by atoms with Crippen molar-refractivity contribution in [2.75, 3.05) is 6.79 Å². The average molecular weight is 247 g/mol. The van der Waals surface area contributed by atoms with Crippen LogP contribution in [0.25, 0.3) is 0 Å². The number of carbonyl (C=O) groups excluding carboxylic acids is 1. The van der Waals surface area contributed by atoms with E-state index < -0.39 is 11.8 Å². The van der Waals surface area contributed by atoms with Crippen LogP contribution in [0.4, 0.5) is 4.39 Å². The molecule has 0 unspecified atom stereocenters. The van der Waals surface area contributed by atoms with Crippen LogP contribution in [0.3, 0.4) is 0 Å². The maximum absolute atomic E-state index is 13.2. The third kappa shape index (κ3) is 1.39. The maximum atomic E-state index is 13.2. The predicted octanol–water partition coefficient (Wildman–Crippen LogP) is 2.09. The molecule has 0 aliphatic carbocycles. The molecule has 0 aromatic heterocycles. The molecule has 0 saturated carbocycles. The number of carbonyl (C=O) groups is 1. The van der Waals surface area contributed by atoms with Crippen molar-refractivity contribution in [3.05, 3.63) is 28.0 Å². The molecule has 3 nitrogen and oxygen atoms in total. The Labute approximate surface area is 81.6 Å². The van der Waals surface area contributed by atoms with Gasteiger partial charge in [0.15, 0.2) is 0 Å². The van der Waals surface area contributed by atoms with Gasteiger partial charge in [-0.05, 0) is 12.1 Å². The van der Waals surface area contributed by atoms with Gasteiger partial charge >= 0.3 is 5.97 Å². The number of benzene rings is 1. The topological polar surface area (TPSA) is 35.5 Å². The molecule has 0 atom stereocenters. The number of fused-ring (bicyclic) bond motifs is 1. The van der Waals surface area contributed by atoms with Crippen molar-refractivity contribution < 1.29 is 18.7 Å². The zero-order valence-corrected chi connectivity index (χ0v) is 7.93. The van der Waals surface area contributed by atoms with Crippen LogP contribution in [0.2, 0.25) is 0 Å². The highest BCUT2D eigenvalue weighted by molar-refractivity contribution is 9.10. The van der Waals surface area contributed by atoms with Crippen LogP contribution in [0, 0.1) is 5.82 Å². The first kappa shape index (κ1) is 8.50. The number of esters is 1. The Balaban J connectivity index is 2.63. The zero-order valence-electron chi connectivity index (χ0n) is 6.34. The van der Waals surface area contributed by atoms with Gasteiger partial charge in [-0.25, -0.2) is 9.18 Å². The Morgan fingerprint density at radius 3 is 2.92 bits per heavy atom. The Kier molecular flexibility index (Phi) is 1.95. The smallest absolute Gasteiger partial charge is 0.347 e. The first-order valence-corrected chi connectivity index (χ1v) is 4.27. The zero-order chi connectivity index (χ0) is 9.42. The van der Waals surface area contributed by atoms with E-state index in [0.717, 1.165) is 0 Å². The number of ether oxygens (including phenoxy) is 2. The van der Waals surface area contributed by atoms with Gasteiger partial charge in [0.25, 0.3) is 0 Å². The van der Waals surface area contributed by atoms with E-state index in [1.807, 2.05) is 0 Å². The largest absolute Gasteiger partial charge is 0.456 e. The lowest BCUT2D eigenvalue weighted by Crippen LogP contribution is -2.19. The highest BCUT2D eigenvalue weighted by Crippen LogP contribution is 2.29. The molecule has 5 heteroatoms. The average Bonchev–Trinajstić information content (AvgIpc) is 2.02. The van der Waals surface area contributed by atoms with Gasteiger partial charge in [0.1, 0.15) is 17.1 Å². The van der Waals surface area contributed by atoms with Gasteiger partial charge in [-0.15, -0.1) is 0 Å². The molecule has 1 aromatic carbocycles. The molecular formula is C8H4BrFO3. The van der Waals surface area contributed by atoms with Gasteiger partial charge in [-0.2, -0.15) is 0 Å². The van der Waals surface area contributed by atoms with Crippen molar-refractivity contribution in [2.45, 2.75) is 0 Å². The fourth-order valence-corrected chi connectivity index (χ4v) is 1.49. The Bertz CT molecular complexity index is 378. The minimum absolute atomic E-state index is 0.144. The summed E-state index contributed by atoms with van der Waals surface area (Å²) in [5.74, 6) is -1.12. The minimum atomic E-state index is -0.689. The van der Waals surface area contributed by atoms with E-state index >= 15 is 0 Å². The normalized spacial score (nSPS) is 14.5. The summed E-state index contributed by atoms with van der Waals surface area (Å²) < 4.78 is 23.1. The van der Waals surface area contributed by atoms with E-state index in [4.69, 9.17) is 4.74 Å². The molecule has 2 rings (SSSR count). The summed E-state index contributed by atoms with van der Waals surface area (Å²) in [7, 11) is 0. The maximum Gasteiger partial charge on any atom is 0.347 e. The third-order valence-electron chi connectivity index (χ3n) is 1.63. The molecule has 0 fully saturated rings. The van der Waals surface area contributed by atoms with E-state index in [1.54, 1.807) is 0 Å². The Hall–Kier alpha value is -1.10. The second kappa shape index (κ2) is 2.99. The molecule has 1 aromatic rings. The van der Waals surface area contributed by atoms with E-state index in [2.05, 4.69) is 20.7 Å². The molecule has 13 heavy (non-hydrogen) atoms. The third-order valence-corrected chi connectivity index (χ3v) is 2.09. The van der Waals surface area contributed by atoms with Gasteiger partial charge in [-0.3, -0.25) is 0 Å². The lowest BCUT2D eigenvalue weighted by molar-refractivity contribution is 0.00398. The second-order valence-electron chi connectivity index (χ2n) is 2.45. The molecule has 0 spiro atoms. The number of hydrogen-bond acceptors (Lipinski definition) is 3. The predicted molar refractivity (Wildman–Crippen MR) is 45.0 cm³/mol. The van der Waals surface area contributed by atoms with E-state index in [0.29, 0.717) is 4.47 Å². The van der Waals surface area contributed by atoms with Crippen molar-refractivity contribution in [2.24, 2.45) is 0 Å². The van der Waals surface area contributed by atoms with Crippen molar-refractivity contribution in [3.8, 4) is 5.75 Å². The number of cyclic esters (lactones) is 1. The number of rotatable bonds is 0. The standard InChI is InChI=1S/C8H4BrFO3/c9-4-1-5(10)7-6(2-4)12-3-13-8(7)11/h1-2H,3H2. The Morgan fingerprint density at radius 1 is 1.38 bits per heavy atom. The molecule has 0 radical (unpaired) electrons. The molecule has 0 saturated heterocycles. The van der Waals surface area contributed by atoms with Crippen molar-refractivity contribution in [1.82, 2.24) is 0 Å². The number of hydrogen-bond donors (Lipinski definition) is 0. The van der Waals surface area contributed by atoms with Crippen LogP contribution in [-0.4, -0.2) is 12.8 Å². The lowest BCUT2D eigenvalue weighted by Gasteiger charge is -2.17. The molecule has 1 aliphatic heterocycles. The van der Waals surface area contributed by atoms with Crippen LogP contribution in [0.1, 0.15) is 10.4 Å². The first-order valence-electron chi connectivity index (χ1n) is 3.47. The second-order valence-corrected chi connectivity index (χ2v) is 3.37. The summed E-state index contributed by atoms with van der Waals surface area (Å²) in [6.07, 6.45) is 0. The summed E-state index contributed by atoms with van der Waals surface area (Å²) in [6, 6.07) is 2.72. The van der Waals surface area contributed by atoms with E-state index in [1.165, 1.54) is 12.1 Å². The molecule has 68 valence electrons. The van der Waals surface area contributed by atoms with Crippen molar-refractivity contribution in [1.29, 1.82) is 0 Å². The summed E-state index contributed by atoms with van der Waals surface area (Å²) >= 11 is 3.09. The fourth-order valence-electron chi connectivity index (χ4n) is 1.08. The molecular weight excluding hydrogens is 243 g/mol. The van der Waals surface area contributed by atoms with Crippen LogP contribution >= 0.6 is 15.9 Å². The SMILES string of the molecule is O=C1OCOc2cc(Br)cc(F)c21. The van der Waals surface area contributed by atoms with Crippen molar-refractivity contribution in [3.63, 3.8) is 0 Å². The molecule has 1 heterocycles. The van der Waals surface area contributed by atoms with Crippen LogP contribution in [-0.2, 0) is 4.74 Å². The molecule has 0 bridgehead atoms. The Morgan fingerprint density at radius 2 is 2.15 bits per heavy atom. The van der Waals surface area contributed by atoms with Gasteiger partial charge in [0, 0.05) is 4.47 Å². The minimum Gasteiger partial charge on any atom is -0.456 e. The van der Waals surface area contributed by atoms with Crippen LogP contribution < -0.4 is 4.74 Å². The van der Waals surface area contributed by atoms with Crippen LogP contribution in [0.15, 0.2) is 16.6 Å². The summed E-state index contributed by atoms with van der Waals surface area (Å²) in [6.45, 7) is -0.165. The van der Waals surface area contributed by atoms with Gasteiger partial charge in [0.05, 0.1) is 0 Å². The molecule has 0 amide bonds. The molecule has 0 N–H and O–H groups in total. The van der Waals surface area contributed by atoms with Crippen LogP contribution in [0.5, 0.6) is 5.75 Å². The highest BCUT2D eigenvalue weighted by Gasteiger charge is 2.24. The van der Waals surface area contributed by atoms with Crippen molar-refractivity contribution >= 4 is 21.9 Å². The van der Waals surface area contributed by atoms with Gasteiger partial charge in [0.2, 0.25) is 6.79 Å². The summed E-state index contributed by atoms with van der Waals surface area (Å²) in [5.41, 5.74) is -0.144. The van der Waals surface area contributed by atoms with Gasteiger partial charge in [-0.1, -0.05) is 15.9 Å². The quantitative estimate of drug-likeness (QED) is 0.658. The fraction of sp³-hybridized carbons (Fsp3) is 0.125. The lowest BCUT2D eigenvalue weighted by atomic mass is 10.2.